The molecule has 1 amide bonds. The highest BCUT2D eigenvalue weighted by molar-refractivity contribution is 6.26. The van der Waals surface area contributed by atoms with Gasteiger partial charge in [0.15, 0.2) is 6.29 Å². The molecule has 1 fully saturated rings. The van der Waals surface area contributed by atoms with Gasteiger partial charge in [0.1, 0.15) is 31.0 Å². The van der Waals surface area contributed by atoms with E-state index in [0.717, 1.165) is 73.3 Å². The summed E-state index contributed by atoms with van der Waals surface area (Å²) in [5.74, 6) is -0.754. The fourth-order valence-corrected chi connectivity index (χ4v) is 8.56. The van der Waals surface area contributed by atoms with E-state index in [-0.39, 0.29) is 37.4 Å². The van der Waals surface area contributed by atoms with E-state index in [1.807, 2.05) is 19.1 Å². The molecule has 1 saturated heterocycles. The Balaban J connectivity index is 1.21. The van der Waals surface area contributed by atoms with Gasteiger partial charge in [-0.1, -0.05) is 26.5 Å². The van der Waals surface area contributed by atoms with Crippen LogP contribution in [-0.2, 0) is 36.8 Å². The second-order valence-corrected chi connectivity index (χ2v) is 15.5. The van der Waals surface area contributed by atoms with Gasteiger partial charge < -0.3 is 49.5 Å². The van der Waals surface area contributed by atoms with Crippen LogP contribution in [-0.4, -0.2) is 115 Å². The maximum atomic E-state index is 13.6. The topological polar surface area (TPSA) is 203 Å². The smallest absolute Gasteiger partial charge is 0.341 e. The Morgan fingerprint density at radius 3 is 2.49 bits per heavy atom. The minimum absolute atomic E-state index is 0.0204. The fourth-order valence-electron chi connectivity index (χ4n) is 8.56. The number of nitrogens with one attached hydrogen (secondary N) is 2. The summed E-state index contributed by atoms with van der Waals surface area (Å²) in [6.07, 6.45) is -2.98. The van der Waals surface area contributed by atoms with Gasteiger partial charge in [0.2, 0.25) is 5.91 Å². The molecule has 0 spiro atoms. The summed E-state index contributed by atoms with van der Waals surface area (Å²) in [4.78, 5) is 46.1. The highest BCUT2D eigenvalue weighted by Crippen LogP contribution is 2.45. The number of hydrogen-bond donors (Lipinski definition) is 6. The van der Waals surface area contributed by atoms with Crippen LogP contribution in [0.4, 0.5) is 0 Å². The zero-order chi connectivity index (χ0) is 40.9. The van der Waals surface area contributed by atoms with Crippen molar-refractivity contribution >= 4 is 51.2 Å². The van der Waals surface area contributed by atoms with Crippen LogP contribution in [0.1, 0.15) is 102 Å². The van der Waals surface area contributed by atoms with E-state index in [4.69, 9.17) is 24.2 Å². The van der Waals surface area contributed by atoms with E-state index < -0.39 is 43.3 Å². The van der Waals surface area contributed by atoms with Gasteiger partial charge in [-0.05, 0) is 80.5 Å². The number of ether oxygens (including phenoxy) is 3. The first-order valence-corrected chi connectivity index (χ1v) is 19.7. The Morgan fingerprint density at radius 2 is 1.77 bits per heavy atom. The zero-order valence-corrected chi connectivity index (χ0v) is 33.4. The van der Waals surface area contributed by atoms with Gasteiger partial charge in [0.05, 0.1) is 35.9 Å². The van der Waals surface area contributed by atoms with Gasteiger partial charge in [-0.2, -0.15) is 0 Å². The third-order valence-corrected chi connectivity index (χ3v) is 12.1. The Bertz CT molecular complexity index is 2290. The van der Waals surface area contributed by atoms with Crippen molar-refractivity contribution in [1.29, 1.82) is 0 Å². The zero-order valence-electron chi connectivity index (χ0n) is 33.4. The van der Waals surface area contributed by atoms with E-state index >= 15 is 0 Å². The number of aliphatic hydroxyl groups excluding tert-OH is 4. The first-order valence-electron chi connectivity index (χ1n) is 19.7. The number of esters is 1. The number of H-pyrrole nitrogens is 2. The molecule has 8 bridgehead atoms. The lowest BCUT2D eigenvalue weighted by molar-refractivity contribution is -0.301. The number of fused-ring (bicyclic) bond motifs is 8. The first kappa shape index (κ1) is 40.5. The Hall–Kier alpha value is -4.70. The molecule has 0 aromatic carbocycles. The summed E-state index contributed by atoms with van der Waals surface area (Å²) in [6, 6.07) is 6.20. The molecule has 4 aliphatic heterocycles. The van der Waals surface area contributed by atoms with Gasteiger partial charge in [-0.3, -0.25) is 9.78 Å². The molecular formula is C43H53N5O9. The predicted molar refractivity (Wildman–Crippen MR) is 215 cm³/mol. The molecule has 0 radical (unpaired) electrons. The van der Waals surface area contributed by atoms with Crippen LogP contribution in [0.3, 0.4) is 0 Å². The molecule has 0 saturated carbocycles. The standard InChI is InChI=1S/C43H53N5O9/c1-8-24-20(3)28-15-30-22(5)26(11-12-35(50)48(7)13-10-14-55-43-41(53)40(52)39(51)34(18-49)57-43)37(46-30)27-19-56-42(54)36-23(6)31(47-38(27)36)17-33-25(9-2)21(4)29(45-33)16-32(24)44-28/h8,15-17,22,26,34,39-41,43-45,49,51-53H,1,9-14,18-19H2,2-7H3/t22-,26-,34+,39+,40-,41+,43+/m0/s1. The van der Waals surface area contributed by atoms with Crippen LogP contribution in [0.5, 0.6) is 0 Å². The van der Waals surface area contributed by atoms with Gasteiger partial charge >= 0.3 is 5.97 Å². The minimum Gasteiger partial charge on any atom is -0.457 e. The SMILES string of the molecule is C=Cc1c(C)c2cc3nc(c4c5nc(cc6[nH]c(cc1[nH]2)c(C)c6CC)C(C)=C5C(=O)OC4)[C@@H](CCC(=O)N(C)CCCO[C@@H]1O[C@H](CO)[C@@H](O)[C@H](O)[C@H]1O)[C@@H]3C. The summed E-state index contributed by atoms with van der Waals surface area (Å²) in [6.45, 7) is 14.4. The second kappa shape index (κ2) is 16.3. The fraction of sp³-hybridized carbons (Fsp3) is 0.488. The first-order chi connectivity index (χ1) is 27.3. The molecule has 0 aliphatic carbocycles. The number of rotatable bonds is 11. The van der Waals surface area contributed by atoms with E-state index in [9.17, 15) is 30.0 Å². The number of aryl methyl sites for hydroxylation is 3. The number of aromatic amines is 2. The number of carbonyl (C=O) groups excluding carboxylic acids is 2. The normalized spacial score (nSPS) is 24.5. The van der Waals surface area contributed by atoms with E-state index in [1.165, 1.54) is 0 Å². The Labute approximate surface area is 331 Å². The molecule has 4 aliphatic rings. The lowest BCUT2D eigenvalue weighted by atomic mass is 9.84. The summed E-state index contributed by atoms with van der Waals surface area (Å²) in [5.41, 5.74) is 12.9. The molecule has 6 N–H and O–H groups in total. The van der Waals surface area contributed by atoms with E-state index in [2.05, 4.69) is 56.4 Å². The van der Waals surface area contributed by atoms with Crippen LogP contribution in [0, 0.1) is 13.8 Å². The third-order valence-electron chi connectivity index (χ3n) is 12.1. The van der Waals surface area contributed by atoms with Crippen molar-refractivity contribution in [3.05, 3.63) is 75.4 Å². The van der Waals surface area contributed by atoms with Crippen LogP contribution in [0.25, 0.3) is 39.3 Å². The number of aliphatic hydroxyl groups is 4. The highest BCUT2D eigenvalue weighted by Gasteiger charge is 2.44. The molecular weight excluding hydrogens is 730 g/mol. The molecule has 3 aromatic heterocycles. The average Bonchev–Trinajstić information content (AvgIpc) is 3.88. The molecule has 7 atom stereocenters. The van der Waals surface area contributed by atoms with Crippen molar-refractivity contribution in [3.8, 4) is 0 Å². The van der Waals surface area contributed by atoms with E-state index in [0.29, 0.717) is 36.3 Å². The third kappa shape index (κ3) is 7.34. The van der Waals surface area contributed by atoms with Crippen LogP contribution < -0.4 is 0 Å². The summed E-state index contributed by atoms with van der Waals surface area (Å²) < 4.78 is 16.8. The number of amides is 1. The number of aromatic nitrogens is 4. The van der Waals surface area contributed by atoms with Gasteiger partial charge in [-0.15, -0.1) is 0 Å². The van der Waals surface area contributed by atoms with Crippen LogP contribution in [0.15, 0.2) is 24.8 Å². The molecule has 3 aromatic rings. The molecule has 7 rings (SSSR count). The Kier molecular flexibility index (Phi) is 11.6. The van der Waals surface area contributed by atoms with Gasteiger partial charge in [-0.25, -0.2) is 9.78 Å². The number of allylic oxidation sites excluding steroid dienone is 1. The number of carbonyl (C=O) groups is 2. The largest absolute Gasteiger partial charge is 0.457 e. The lowest BCUT2D eigenvalue weighted by Gasteiger charge is -2.39. The quantitative estimate of drug-likeness (QED) is 0.118. The average molecular weight is 784 g/mol. The Morgan fingerprint density at radius 1 is 1.04 bits per heavy atom. The molecule has 14 nitrogen and oxygen atoms in total. The van der Waals surface area contributed by atoms with Crippen molar-refractivity contribution in [1.82, 2.24) is 24.8 Å². The number of hydrogen-bond acceptors (Lipinski definition) is 11. The van der Waals surface area contributed by atoms with Gasteiger partial charge in [0.25, 0.3) is 0 Å². The highest BCUT2D eigenvalue weighted by atomic mass is 16.7. The molecule has 7 heterocycles. The number of nitrogens with zero attached hydrogens (tertiary/aromatic N) is 3. The van der Waals surface area contributed by atoms with E-state index in [1.54, 1.807) is 11.9 Å². The summed E-state index contributed by atoms with van der Waals surface area (Å²) >= 11 is 0. The van der Waals surface area contributed by atoms with Crippen LogP contribution in [0.2, 0.25) is 0 Å². The number of cyclic esters (lactones) is 1. The summed E-state index contributed by atoms with van der Waals surface area (Å²) in [7, 11) is 1.72. The van der Waals surface area contributed by atoms with Crippen LogP contribution >= 0.6 is 0 Å². The summed E-state index contributed by atoms with van der Waals surface area (Å²) in [5, 5.41) is 39.8. The van der Waals surface area contributed by atoms with Crippen molar-refractivity contribution in [3.63, 3.8) is 0 Å². The second-order valence-electron chi connectivity index (χ2n) is 15.5. The monoisotopic (exact) mass is 783 g/mol. The van der Waals surface area contributed by atoms with Crippen molar-refractivity contribution in [2.75, 3.05) is 26.8 Å². The maximum Gasteiger partial charge on any atom is 0.341 e. The van der Waals surface area contributed by atoms with Crippen molar-refractivity contribution < 1.29 is 44.2 Å². The van der Waals surface area contributed by atoms with Gasteiger partial charge in [0, 0.05) is 70.7 Å². The maximum absolute atomic E-state index is 13.6. The van der Waals surface area contributed by atoms with Crippen molar-refractivity contribution in [2.24, 2.45) is 0 Å². The molecule has 0 unspecified atom stereocenters. The lowest BCUT2D eigenvalue weighted by Crippen LogP contribution is -2.59. The molecule has 304 valence electrons. The predicted octanol–water partition coefficient (Wildman–Crippen LogP) is 4.46. The van der Waals surface area contributed by atoms with Crippen molar-refractivity contribution in [2.45, 2.75) is 109 Å². The molecule has 14 heteroatoms. The minimum atomic E-state index is -1.53. The molecule has 57 heavy (non-hydrogen) atoms.